The minimum Gasteiger partial charge on any atom is -0.392 e. The van der Waals surface area contributed by atoms with Crippen molar-refractivity contribution in [2.45, 2.75) is 20.0 Å². The molecule has 0 aliphatic rings. The number of aliphatic hydroxyl groups excluding tert-OH is 1. The van der Waals surface area contributed by atoms with E-state index >= 15 is 0 Å². The zero-order valence-corrected chi connectivity index (χ0v) is 12.0. The molecule has 0 unspecified atom stereocenters. The number of nitrogens with one attached hydrogen (secondary N) is 1. The molecule has 2 N–H and O–H groups in total. The number of benzene rings is 2. The number of aryl methyl sites for hydroxylation is 1. The van der Waals surface area contributed by atoms with Gasteiger partial charge in [0.15, 0.2) is 0 Å². The molecule has 0 aromatic heterocycles. The second-order valence-corrected chi connectivity index (χ2v) is 4.77. The molecule has 21 heavy (non-hydrogen) atoms. The van der Waals surface area contributed by atoms with Crippen LogP contribution < -0.4 is 5.32 Å². The summed E-state index contributed by atoms with van der Waals surface area (Å²) in [4.78, 5) is 11.8. The van der Waals surface area contributed by atoms with Gasteiger partial charge >= 0.3 is 0 Å². The average molecular weight is 281 g/mol. The summed E-state index contributed by atoms with van der Waals surface area (Å²) >= 11 is 0. The maximum atomic E-state index is 11.8. The van der Waals surface area contributed by atoms with Gasteiger partial charge in [0, 0.05) is 11.8 Å². The summed E-state index contributed by atoms with van der Waals surface area (Å²) in [7, 11) is 0. The van der Waals surface area contributed by atoms with Gasteiger partial charge in [-0.05, 0) is 41.3 Å². The maximum absolute atomic E-state index is 11.8. The molecule has 3 nitrogen and oxygen atoms in total. The monoisotopic (exact) mass is 281 g/mol. The van der Waals surface area contributed by atoms with Gasteiger partial charge < -0.3 is 10.4 Å². The number of carbonyl (C=O) groups excluding carboxylic acids is 1. The molecular formula is C18H19NO2. The molecule has 0 aliphatic heterocycles. The first-order chi connectivity index (χ1) is 10.2. The Balaban J connectivity index is 1.94. The third kappa shape index (κ3) is 4.58. The fraction of sp³-hybridized carbons (Fsp3) is 0.167. The highest BCUT2D eigenvalue weighted by atomic mass is 16.3. The molecule has 0 fully saturated rings. The van der Waals surface area contributed by atoms with Crippen molar-refractivity contribution in [1.82, 2.24) is 0 Å². The van der Waals surface area contributed by atoms with Crippen LogP contribution in [0.15, 0.2) is 54.6 Å². The second-order valence-electron chi connectivity index (χ2n) is 4.77. The maximum Gasteiger partial charge on any atom is 0.248 e. The number of rotatable bonds is 5. The molecule has 2 rings (SSSR count). The normalized spacial score (nSPS) is 10.8. The molecule has 0 saturated heterocycles. The molecule has 0 spiro atoms. The minimum atomic E-state index is -0.175. The van der Waals surface area contributed by atoms with E-state index in [0.29, 0.717) is 5.69 Å². The Morgan fingerprint density at radius 2 is 1.67 bits per heavy atom. The zero-order valence-electron chi connectivity index (χ0n) is 12.0. The highest BCUT2D eigenvalue weighted by Crippen LogP contribution is 2.10. The lowest BCUT2D eigenvalue weighted by Crippen LogP contribution is -2.07. The zero-order chi connectivity index (χ0) is 15.1. The summed E-state index contributed by atoms with van der Waals surface area (Å²) < 4.78 is 0. The first-order valence-electron chi connectivity index (χ1n) is 6.99. The Kier molecular flexibility index (Phi) is 5.29. The summed E-state index contributed by atoms with van der Waals surface area (Å²) in [6, 6.07) is 15.2. The van der Waals surface area contributed by atoms with Gasteiger partial charge in [-0.15, -0.1) is 0 Å². The molecule has 2 aromatic rings. The van der Waals surface area contributed by atoms with Crippen molar-refractivity contribution < 1.29 is 9.90 Å². The van der Waals surface area contributed by atoms with E-state index in [1.165, 1.54) is 11.6 Å². The van der Waals surface area contributed by atoms with E-state index in [2.05, 4.69) is 24.4 Å². The van der Waals surface area contributed by atoms with Crippen LogP contribution in [0, 0.1) is 0 Å². The molecule has 108 valence electrons. The lowest BCUT2D eigenvalue weighted by Gasteiger charge is -2.03. The number of hydrogen-bond acceptors (Lipinski definition) is 2. The molecule has 0 atom stereocenters. The van der Waals surface area contributed by atoms with E-state index in [-0.39, 0.29) is 12.5 Å². The fourth-order valence-electron chi connectivity index (χ4n) is 1.91. The largest absolute Gasteiger partial charge is 0.392 e. The molecule has 0 saturated carbocycles. The first kappa shape index (κ1) is 15.0. The van der Waals surface area contributed by atoms with Crippen LogP contribution in [0.25, 0.3) is 6.08 Å². The van der Waals surface area contributed by atoms with Crippen molar-refractivity contribution in [1.29, 1.82) is 0 Å². The Hall–Kier alpha value is -2.39. The molecular weight excluding hydrogens is 262 g/mol. The summed E-state index contributed by atoms with van der Waals surface area (Å²) in [6.07, 6.45) is 4.31. The highest BCUT2D eigenvalue weighted by molar-refractivity contribution is 6.01. The molecule has 0 aliphatic carbocycles. The summed E-state index contributed by atoms with van der Waals surface area (Å²) in [5.41, 5.74) is 3.81. The first-order valence-corrected chi connectivity index (χ1v) is 6.99. The minimum absolute atomic E-state index is 0.00187. The Bertz CT molecular complexity index is 613. The van der Waals surface area contributed by atoms with Crippen LogP contribution in [0.3, 0.4) is 0 Å². The van der Waals surface area contributed by atoms with Crippen molar-refractivity contribution in [2.24, 2.45) is 0 Å². The van der Waals surface area contributed by atoms with Crippen LogP contribution >= 0.6 is 0 Å². The van der Waals surface area contributed by atoms with E-state index < -0.39 is 0 Å². The smallest absolute Gasteiger partial charge is 0.248 e. The van der Waals surface area contributed by atoms with Gasteiger partial charge in [-0.2, -0.15) is 0 Å². The number of amides is 1. The Morgan fingerprint density at radius 3 is 2.24 bits per heavy atom. The molecule has 3 heteroatoms. The predicted octanol–water partition coefficient (Wildman–Crippen LogP) is 3.39. The van der Waals surface area contributed by atoms with Gasteiger partial charge in [-0.3, -0.25) is 4.79 Å². The van der Waals surface area contributed by atoms with E-state index in [0.717, 1.165) is 17.5 Å². The van der Waals surface area contributed by atoms with Gasteiger partial charge in [-0.25, -0.2) is 0 Å². The van der Waals surface area contributed by atoms with E-state index in [1.807, 2.05) is 12.1 Å². The predicted molar refractivity (Wildman–Crippen MR) is 85.8 cm³/mol. The topological polar surface area (TPSA) is 49.3 Å². The van der Waals surface area contributed by atoms with Crippen molar-refractivity contribution in [3.05, 3.63) is 71.3 Å². The van der Waals surface area contributed by atoms with E-state index in [4.69, 9.17) is 5.11 Å². The lowest BCUT2D eigenvalue weighted by atomic mass is 10.1. The van der Waals surface area contributed by atoms with Gasteiger partial charge in [0.25, 0.3) is 0 Å². The van der Waals surface area contributed by atoms with Crippen molar-refractivity contribution in [2.75, 3.05) is 5.32 Å². The highest BCUT2D eigenvalue weighted by Gasteiger charge is 1.98. The van der Waals surface area contributed by atoms with Crippen molar-refractivity contribution in [3.8, 4) is 0 Å². The molecule has 0 bridgehead atoms. The van der Waals surface area contributed by atoms with Gasteiger partial charge in [0.05, 0.1) is 6.61 Å². The fourth-order valence-corrected chi connectivity index (χ4v) is 1.91. The van der Waals surface area contributed by atoms with Gasteiger partial charge in [-0.1, -0.05) is 43.3 Å². The van der Waals surface area contributed by atoms with Gasteiger partial charge in [0.1, 0.15) is 0 Å². The van der Waals surface area contributed by atoms with Crippen LogP contribution in [-0.4, -0.2) is 11.0 Å². The third-order valence-electron chi connectivity index (χ3n) is 3.22. The number of aliphatic hydroxyl groups is 1. The van der Waals surface area contributed by atoms with Crippen molar-refractivity contribution >= 4 is 17.7 Å². The Labute approximate surface area is 124 Å². The molecule has 1 amide bonds. The van der Waals surface area contributed by atoms with E-state index in [1.54, 1.807) is 30.3 Å². The van der Waals surface area contributed by atoms with Crippen molar-refractivity contribution in [3.63, 3.8) is 0 Å². The third-order valence-corrected chi connectivity index (χ3v) is 3.22. The molecule has 0 heterocycles. The number of carbonyl (C=O) groups is 1. The molecule has 2 aromatic carbocycles. The molecule has 0 radical (unpaired) electrons. The quantitative estimate of drug-likeness (QED) is 0.825. The van der Waals surface area contributed by atoms with Crippen LogP contribution in [0.4, 0.5) is 5.69 Å². The van der Waals surface area contributed by atoms with Crippen LogP contribution in [0.1, 0.15) is 23.6 Å². The van der Waals surface area contributed by atoms with Crippen LogP contribution in [0.5, 0.6) is 0 Å². The number of anilines is 1. The Morgan fingerprint density at radius 1 is 1.05 bits per heavy atom. The number of hydrogen-bond donors (Lipinski definition) is 2. The second kappa shape index (κ2) is 7.41. The lowest BCUT2D eigenvalue weighted by molar-refractivity contribution is -0.111. The average Bonchev–Trinajstić information content (AvgIpc) is 2.54. The summed E-state index contributed by atoms with van der Waals surface area (Å²) in [5.74, 6) is -0.175. The standard InChI is InChI=1S/C18H19NO2/c1-2-14-3-5-15(6-4-14)9-12-18(21)19-17-10-7-16(13-20)8-11-17/h3-12,20H,2,13H2,1H3,(H,19,21). The van der Waals surface area contributed by atoms with E-state index in [9.17, 15) is 4.79 Å². The van der Waals surface area contributed by atoms with Crippen LogP contribution in [-0.2, 0) is 17.8 Å². The van der Waals surface area contributed by atoms with Crippen LogP contribution in [0.2, 0.25) is 0 Å². The summed E-state index contributed by atoms with van der Waals surface area (Å²) in [6.45, 7) is 2.11. The SMILES string of the molecule is CCc1ccc(C=CC(=O)Nc2ccc(CO)cc2)cc1. The van der Waals surface area contributed by atoms with Gasteiger partial charge in [0.2, 0.25) is 5.91 Å². The summed E-state index contributed by atoms with van der Waals surface area (Å²) in [5, 5.41) is 11.7.